The third-order valence-corrected chi connectivity index (χ3v) is 3.09. The normalized spacial score (nSPS) is 10.0. The topological polar surface area (TPSA) is 78.9 Å². The van der Waals surface area contributed by atoms with Crippen molar-refractivity contribution in [2.24, 2.45) is 0 Å². The van der Waals surface area contributed by atoms with Gasteiger partial charge in [-0.05, 0) is 50.1 Å². The van der Waals surface area contributed by atoms with E-state index < -0.39 is 5.97 Å². The van der Waals surface area contributed by atoms with Crippen molar-refractivity contribution in [1.29, 1.82) is 0 Å². The number of nitrogens with zero attached hydrogens (tertiary/aromatic N) is 2. The molecule has 3 aromatic rings. The van der Waals surface area contributed by atoms with E-state index in [1.54, 1.807) is 19.1 Å². The zero-order valence-electron chi connectivity index (χ0n) is 12.2. The van der Waals surface area contributed by atoms with E-state index in [9.17, 15) is 4.79 Å². The second-order valence-electron chi connectivity index (χ2n) is 4.96. The highest BCUT2D eigenvalue weighted by Crippen LogP contribution is 2.10. The number of aromatic carboxylic acids is 1. The molecule has 0 spiro atoms. The van der Waals surface area contributed by atoms with Crippen molar-refractivity contribution in [3.05, 3.63) is 58.7 Å². The van der Waals surface area contributed by atoms with Crippen molar-refractivity contribution in [2.75, 3.05) is 0 Å². The van der Waals surface area contributed by atoms with Gasteiger partial charge in [0.15, 0.2) is 0 Å². The minimum Gasteiger partial charge on any atom is -0.478 e. The molecule has 0 fully saturated rings. The molecular weight excluding hydrogens is 266 g/mol. The average molecular weight is 283 g/mol. The summed E-state index contributed by atoms with van der Waals surface area (Å²) in [5.41, 5.74) is 5.42. The van der Waals surface area contributed by atoms with Crippen LogP contribution in [-0.4, -0.2) is 26.5 Å². The Morgan fingerprint density at radius 2 is 1.71 bits per heavy atom. The number of carboxylic acids is 1. The molecule has 0 radical (unpaired) electrons. The first-order valence-corrected chi connectivity index (χ1v) is 6.55. The lowest BCUT2D eigenvalue weighted by Gasteiger charge is -2.00. The number of fused-ring (bicyclic) bond motifs is 1. The van der Waals surface area contributed by atoms with Crippen LogP contribution in [0.1, 0.15) is 27.0 Å². The van der Waals surface area contributed by atoms with E-state index in [1.807, 2.05) is 38.1 Å². The summed E-state index contributed by atoms with van der Waals surface area (Å²) in [7, 11) is 0. The molecule has 0 aliphatic rings. The summed E-state index contributed by atoms with van der Waals surface area (Å²) < 4.78 is 0. The Labute approximate surface area is 122 Å². The number of benzene rings is 2. The zero-order chi connectivity index (χ0) is 15.4. The van der Waals surface area contributed by atoms with Crippen molar-refractivity contribution in [3.8, 4) is 0 Å². The van der Waals surface area contributed by atoms with Gasteiger partial charge >= 0.3 is 5.97 Å². The van der Waals surface area contributed by atoms with Gasteiger partial charge in [0, 0.05) is 0 Å². The van der Waals surface area contributed by atoms with E-state index in [0.717, 1.165) is 22.2 Å². The molecule has 0 unspecified atom stereocenters. The number of aromatic nitrogens is 3. The maximum absolute atomic E-state index is 10.5. The molecule has 1 heterocycles. The van der Waals surface area contributed by atoms with Gasteiger partial charge in [-0.15, -0.1) is 5.10 Å². The van der Waals surface area contributed by atoms with Crippen molar-refractivity contribution < 1.29 is 9.90 Å². The highest BCUT2D eigenvalue weighted by atomic mass is 16.4. The van der Waals surface area contributed by atoms with Gasteiger partial charge in [-0.1, -0.05) is 29.0 Å². The summed E-state index contributed by atoms with van der Waals surface area (Å²) in [5.74, 6) is -0.859. The highest BCUT2D eigenvalue weighted by molar-refractivity contribution is 5.89. The summed E-state index contributed by atoms with van der Waals surface area (Å²) in [4.78, 5) is 10.5. The second-order valence-corrected chi connectivity index (χ2v) is 4.96. The SMILES string of the molecule is Cc1ccc(C(=O)O)c(C)c1.Cc1ccc2[nH]nnc2c1. The molecule has 5 heteroatoms. The zero-order valence-corrected chi connectivity index (χ0v) is 12.2. The fourth-order valence-corrected chi connectivity index (χ4v) is 2.01. The molecule has 5 nitrogen and oxygen atoms in total. The smallest absolute Gasteiger partial charge is 0.335 e. The van der Waals surface area contributed by atoms with Crippen molar-refractivity contribution in [3.63, 3.8) is 0 Å². The number of carbonyl (C=O) groups is 1. The molecule has 0 aliphatic carbocycles. The molecule has 108 valence electrons. The van der Waals surface area contributed by atoms with Gasteiger partial charge in [-0.3, -0.25) is 5.10 Å². The maximum Gasteiger partial charge on any atom is 0.335 e. The molecule has 3 rings (SSSR count). The third-order valence-electron chi connectivity index (χ3n) is 3.09. The van der Waals surface area contributed by atoms with Gasteiger partial charge < -0.3 is 5.11 Å². The van der Waals surface area contributed by atoms with Crippen LogP contribution in [0.25, 0.3) is 11.0 Å². The molecule has 0 aliphatic heterocycles. The van der Waals surface area contributed by atoms with Crippen LogP contribution in [0.15, 0.2) is 36.4 Å². The molecule has 2 N–H and O–H groups in total. The molecular formula is C16H17N3O2. The summed E-state index contributed by atoms with van der Waals surface area (Å²) in [6.45, 7) is 5.78. The third kappa shape index (κ3) is 3.66. The fraction of sp³-hybridized carbons (Fsp3) is 0.188. The number of aryl methyl sites for hydroxylation is 3. The molecule has 0 bridgehead atoms. The van der Waals surface area contributed by atoms with Crippen molar-refractivity contribution in [2.45, 2.75) is 20.8 Å². The predicted octanol–water partition coefficient (Wildman–Crippen LogP) is 3.27. The van der Waals surface area contributed by atoms with Crippen LogP contribution in [0.2, 0.25) is 0 Å². The second kappa shape index (κ2) is 6.17. The van der Waals surface area contributed by atoms with Crippen LogP contribution in [0, 0.1) is 20.8 Å². The molecule has 1 aromatic heterocycles. The number of nitrogens with one attached hydrogen (secondary N) is 1. The Morgan fingerprint density at radius 1 is 1.05 bits per heavy atom. The minimum absolute atomic E-state index is 0.385. The minimum atomic E-state index is -0.859. The van der Waals surface area contributed by atoms with Gasteiger partial charge in [-0.25, -0.2) is 4.79 Å². The Kier molecular flexibility index (Phi) is 4.33. The Hall–Kier alpha value is -2.69. The number of rotatable bonds is 1. The quantitative estimate of drug-likeness (QED) is 0.718. The first-order valence-electron chi connectivity index (χ1n) is 6.55. The first kappa shape index (κ1) is 14.7. The van der Waals surface area contributed by atoms with Gasteiger partial charge in [0.25, 0.3) is 0 Å². The molecule has 0 amide bonds. The van der Waals surface area contributed by atoms with Gasteiger partial charge in [-0.2, -0.15) is 0 Å². The summed E-state index contributed by atoms with van der Waals surface area (Å²) in [6, 6.07) is 11.3. The number of hydrogen-bond acceptors (Lipinski definition) is 3. The predicted molar refractivity (Wildman–Crippen MR) is 81.5 cm³/mol. The highest BCUT2D eigenvalue weighted by Gasteiger charge is 2.04. The fourth-order valence-electron chi connectivity index (χ4n) is 2.01. The lowest BCUT2D eigenvalue weighted by Crippen LogP contribution is -1.99. The number of hydrogen-bond donors (Lipinski definition) is 2. The lowest BCUT2D eigenvalue weighted by molar-refractivity contribution is 0.0696. The summed E-state index contributed by atoms with van der Waals surface area (Å²) in [6.07, 6.45) is 0. The molecule has 2 aromatic carbocycles. The monoisotopic (exact) mass is 283 g/mol. The van der Waals surface area contributed by atoms with Crippen LogP contribution in [0.4, 0.5) is 0 Å². The van der Waals surface area contributed by atoms with Crippen LogP contribution in [0.3, 0.4) is 0 Å². The lowest BCUT2D eigenvalue weighted by atomic mass is 10.1. The Morgan fingerprint density at radius 3 is 2.38 bits per heavy atom. The largest absolute Gasteiger partial charge is 0.478 e. The molecule has 0 atom stereocenters. The van der Waals surface area contributed by atoms with Gasteiger partial charge in [0.1, 0.15) is 5.52 Å². The summed E-state index contributed by atoms with van der Waals surface area (Å²) >= 11 is 0. The van der Waals surface area contributed by atoms with E-state index in [-0.39, 0.29) is 0 Å². The van der Waals surface area contributed by atoms with E-state index in [2.05, 4.69) is 15.4 Å². The van der Waals surface area contributed by atoms with Crippen LogP contribution >= 0.6 is 0 Å². The first-order chi connectivity index (χ1) is 9.97. The number of carboxylic acid groups (broad SMARTS) is 1. The van der Waals surface area contributed by atoms with Gasteiger partial charge in [0.05, 0.1) is 11.1 Å². The maximum atomic E-state index is 10.5. The van der Waals surface area contributed by atoms with Crippen LogP contribution in [0.5, 0.6) is 0 Å². The van der Waals surface area contributed by atoms with E-state index >= 15 is 0 Å². The van der Waals surface area contributed by atoms with Gasteiger partial charge in [0.2, 0.25) is 0 Å². The Balaban J connectivity index is 0.000000154. The molecule has 0 saturated heterocycles. The average Bonchev–Trinajstić information content (AvgIpc) is 2.86. The van der Waals surface area contributed by atoms with E-state index in [1.165, 1.54) is 5.56 Å². The van der Waals surface area contributed by atoms with Crippen molar-refractivity contribution >= 4 is 17.0 Å². The number of aromatic amines is 1. The van der Waals surface area contributed by atoms with E-state index in [4.69, 9.17) is 5.11 Å². The van der Waals surface area contributed by atoms with Crippen molar-refractivity contribution in [1.82, 2.24) is 15.4 Å². The molecule has 21 heavy (non-hydrogen) atoms. The standard InChI is InChI=1S/C9H10O2.C7H7N3/c1-6-3-4-8(9(10)11)7(2)5-6;1-5-2-3-6-7(4-5)9-10-8-6/h3-5H,1-2H3,(H,10,11);2-4H,1H3,(H,8,9,10). The van der Waals surface area contributed by atoms with Crippen LogP contribution in [-0.2, 0) is 0 Å². The van der Waals surface area contributed by atoms with Crippen LogP contribution < -0.4 is 0 Å². The Bertz CT molecular complexity index is 778. The van der Waals surface area contributed by atoms with E-state index in [0.29, 0.717) is 5.56 Å². The molecule has 0 saturated carbocycles. The summed E-state index contributed by atoms with van der Waals surface area (Å²) in [5, 5.41) is 19.0. The number of H-pyrrole nitrogens is 1.